The summed E-state index contributed by atoms with van der Waals surface area (Å²) in [6.07, 6.45) is 2.79. The summed E-state index contributed by atoms with van der Waals surface area (Å²) < 4.78 is 11.2. The molecule has 0 fully saturated rings. The van der Waals surface area contributed by atoms with Crippen LogP contribution in [0, 0.1) is 6.92 Å². The molecule has 3 rings (SSSR count). The molecule has 0 spiro atoms. The van der Waals surface area contributed by atoms with E-state index in [4.69, 9.17) is 9.47 Å². The maximum absolute atomic E-state index is 5.91. The number of aryl methyl sites for hydroxylation is 1. The fraction of sp³-hybridized carbons (Fsp3) is 0.273. The van der Waals surface area contributed by atoms with Gasteiger partial charge in [-0.05, 0) is 36.8 Å². The van der Waals surface area contributed by atoms with Crippen molar-refractivity contribution in [1.29, 1.82) is 0 Å². The summed E-state index contributed by atoms with van der Waals surface area (Å²) in [6, 6.07) is 15.6. The van der Waals surface area contributed by atoms with Gasteiger partial charge >= 0.3 is 0 Å². The SMILES string of the molecule is CN=C(NCCc1ncc(C)s1)NCc1ccc(Oc2ccccc2OC)cc1. The number of thiazole rings is 1. The standard InChI is InChI=1S/C22H26N4O2S/c1-16-14-25-21(29-16)12-13-24-22(23-2)26-15-17-8-10-18(11-9-17)28-20-7-5-4-6-19(20)27-3/h4-11,14H,12-13,15H2,1-3H3,(H2,23,24,26). The molecule has 7 heteroatoms. The maximum atomic E-state index is 5.91. The third-order valence-corrected chi connectivity index (χ3v) is 5.18. The molecule has 2 N–H and O–H groups in total. The lowest BCUT2D eigenvalue weighted by Gasteiger charge is -2.12. The highest BCUT2D eigenvalue weighted by Crippen LogP contribution is 2.30. The van der Waals surface area contributed by atoms with E-state index < -0.39 is 0 Å². The number of rotatable bonds is 8. The van der Waals surface area contributed by atoms with Crippen LogP contribution in [0.2, 0.25) is 0 Å². The number of aromatic nitrogens is 1. The van der Waals surface area contributed by atoms with E-state index in [0.717, 1.165) is 35.2 Å². The van der Waals surface area contributed by atoms with Crippen molar-refractivity contribution in [2.75, 3.05) is 20.7 Å². The van der Waals surface area contributed by atoms with Gasteiger partial charge in [0.15, 0.2) is 17.5 Å². The smallest absolute Gasteiger partial charge is 0.191 e. The van der Waals surface area contributed by atoms with Gasteiger partial charge in [-0.3, -0.25) is 4.99 Å². The Kier molecular flexibility index (Phi) is 7.47. The molecule has 0 atom stereocenters. The molecule has 0 aliphatic rings. The Hall–Kier alpha value is -3.06. The van der Waals surface area contributed by atoms with Crippen LogP contribution >= 0.6 is 11.3 Å². The van der Waals surface area contributed by atoms with Gasteiger partial charge < -0.3 is 20.1 Å². The Bertz CT molecular complexity index is 938. The molecular weight excluding hydrogens is 384 g/mol. The van der Waals surface area contributed by atoms with Crippen molar-refractivity contribution in [3.63, 3.8) is 0 Å². The maximum Gasteiger partial charge on any atom is 0.191 e. The summed E-state index contributed by atoms with van der Waals surface area (Å²) in [5.41, 5.74) is 1.14. The second kappa shape index (κ2) is 10.5. The van der Waals surface area contributed by atoms with Gasteiger partial charge in [-0.1, -0.05) is 24.3 Å². The lowest BCUT2D eigenvalue weighted by atomic mass is 10.2. The van der Waals surface area contributed by atoms with Crippen molar-refractivity contribution < 1.29 is 9.47 Å². The third-order valence-electron chi connectivity index (χ3n) is 4.20. The van der Waals surface area contributed by atoms with Crippen molar-refractivity contribution >= 4 is 17.3 Å². The molecule has 0 saturated heterocycles. The van der Waals surface area contributed by atoms with Crippen LogP contribution in [0.5, 0.6) is 17.2 Å². The van der Waals surface area contributed by atoms with Crippen LogP contribution in [0.15, 0.2) is 59.7 Å². The number of guanidine groups is 1. The van der Waals surface area contributed by atoms with Crippen molar-refractivity contribution in [3.05, 3.63) is 70.2 Å². The number of aliphatic imine (C=N–C) groups is 1. The molecule has 0 aliphatic carbocycles. The minimum absolute atomic E-state index is 0.672. The first-order valence-electron chi connectivity index (χ1n) is 9.43. The first-order valence-corrected chi connectivity index (χ1v) is 10.2. The minimum atomic E-state index is 0.672. The average molecular weight is 411 g/mol. The fourth-order valence-corrected chi connectivity index (χ4v) is 3.50. The second-order valence-corrected chi connectivity index (χ2v) is 7.68. The van der Waals surface area contributed by atoms with Gasteiger partial charge in [0, 0.05) is 37.6 Å². The molecule has 0 aliphatic heterocycles. The van der Waals surface area contributed by atoms with Crippen LogP contribution in [-0.2, 0) is 13.0 Å². The zero-order valence-corrected chi connectivity index (χ0v) is 17.8. The van der Waals surface area contributed by atoms with Gasteiger partial charge in [-0.25, -0.2) is 4.98 Å². The lowest BCUT2D eigenvalue weighted by molar-refractivity contribution is 0.379. The predicted molar refractivity (Wildman–Crippen MR) is 118 cm³/mol. The number of para-hydroxylation sites is 2. The number of hydrogen-bond donors (Lipinski definition) is 2. The van der Waals surface area contributed by atoms with Crippen LogP contribution in [-0.4, -0.2) is 31.6 Å². The summed E-state index contributed by atoms with van der Waals surface area (Å²) in [7, 11) is 3.41. The summed E-state index contributed by atoms with van der Waals surface area (Å²) >= 11 is 1.73. The predicted octanol–water partition coefficient (Wildman–Crippen LogP) is 4.16. The fourth-order valence-electron chi connectivity index (χ4n) is 2.72. The summed E-state index contributed by atoms with van der Waals surface area (Å²) in [4.78, 5) is 9.89. The van der Waals surface area contributed by atoms with Gasteiger partial charge in [0.05, 0.1) is 12.1 Å². The van der Waals surface area contributed by atoms with Crippen LogP contribution in [0.3, 0.4) is 0 Å². The highest BCUT2D eigenvalue weighted by Gasteiger charge is 2.05. The van der Waals surface area contributed by atoms with Gasteiger partial charge in [-0.2, -0.15) is 0 Å². The molecule has 0 saturated carbocycles. The highest BCUT2D eigenvalue weighted by atomic mass is 32.1. The second-order valence-electron chi connectivity index (χ2n) is 6.36. The largest absolute Gasteiger partial charge is 0.493 e. The zero-order valence-electron chi connectivity index (χ0n) is 16.9. The van der Waals surface area contributed by atoms with E-state index in [1.54, 1.807) is 25.5 Å². The molecule has 3 aromatic rings. The number of methoxy groups -OCH3 is 1. The molecule has 29 heavy (non-hydrogen) atoms. The summed E-state index contributed by atoms with van der Waals surface area (Å²) in [6.45, 7) is 3.53. The molecule has 0 amide bonds. The van der Waals surface area contributed by atoms with Crippen molar-refractivity contribution in [1.82, 2.24) is 15.6 Å². The Balaban J connectivity index is 1.47. The Labute approximate surface area is 175 Å². The van der Waals surface area contributed by atoms with Gasteiger partial charge in [0.1, 0.15) is 5.75 Å². The number of nitrogens with one attached hydrogen (secondary N) is 2. The summed E-state index contributed by atoms with van der Waals surface area (Å²) in [5.74, 6) is 2.94. The Morgan fingerprint density at radius 1 is 1.07 bits per heavy atom. The van der Waals surface area contributed by atoms with Gasteiger partial charge in [0.2, 0.25) is 0 Å². The van der Waals surface area contributed by atoms with Crippen molar-refractivity contribution in [3.8, 4) is 17.2 Å². The van der Waals surface area contributed by atoms with E-state index in [2.05, 4.69) is 27.5 Å². The molecule has 1 heterocycles. The van der Waals surface area contributed by atoms with Gasteiger partial charge in [-0.15, -0.1) is 11.3 Å². The van der Waals surface area contributed by atoms with Crippen LogP contribution in [0.25, 0.3) is 0 Å². The first kappa shape index (κ1) is 20.7. The number of hydrogen-bond acceptors (Lipinski definition) is 5. The van der Waals surface area contributed by atoms with E-state index in [1.165, 1.54) is 4.88 Å². The van der Waals surface area contributed by atoms with Gasteiger partial charge in [0.25, 0.3) is 0 Å². The normalized spacial score (nSPS) is 11.2. The lowest BCUT2D eigenvalue weighted by Crippen LogP contribution is -2.37. The molecular formula is C22H26N4O2S. The quantitative estimate of drug-likeness (QED) is 0.431. The van der Waals surface area contributed by atoms with E-state index in [0.29, 0.717) is 18.0 Å². The molecule has 6 nitrogen and oxygen atoms in total. The average Bonchev–Trinajstić information content (AvgIpc) is 3.17. The topological polar surface area (TPSA) is 67.8 Å². The van der Waals surface area contributed by atoms with Crippen LogP contribution in [0.4, 0.5) is 0 Å². The molecule has 152 valence electrons. The van der Waals surface area contributed by atoms with E-state index in [-0.39, 0.29) is 0 Å². The minimum Gasteiger partial charge on any atom is -0.493 e. The Morgan fingerprint density at radius 2 is 1.83 bits per heavy atom. The molecule has 0 radical (unpaired) electrons. The van der Waals surface area contributed by atoms with Crippen molar-refractivity contribution in [2.45, 2.75) is 19.9 Å². The monoisotopic (exact) mass is 410 g/mol. The first-order chi connectivity index (χ1) is 14.2. The van der Waals surface area contributed by atoms with E-state index in [1.807, 2.05) is 54.7 Å². The third kappa shape index (κ3) is 6.22. The summed E-state index contributed by atoms with van der Waals surface area (Å²) in [5, 5.41) is 7.78. The van der Waals surface area contributed by atoms with E-state index >= 15 is 0 Å². The zero-order chi connectivity index (χ0) is 20.5. The van der Waals surface area contributed by atoms with Crippen molar-refractivity contribution in [2.24, 2.45) is 4.99 Å². The molecule has 0 unspecified atom stereocenters. The van der Waals surface area contributed by atoms with Crippen LogP contribution in [0.1, 0.15) is 15.4 Å². The number of benzene rings is 2. The molecule has 1 aromatic heterocycles. The number of ether oxygens (including phenoxy) is 2. The van der Waals surface area contributed by atoms with E-state index in [9.17, 15) is 0 Å². The molecule has 0 bridgehead atoms. The number of nitrogens with zero attached hydrogens (tertiary/aromatic N) is 2. The highest BCUT2D eigenvalue weighted by molar-refractivity contribution is 7.11. The van der Waals surface area contributed by atoms with Crippen LogP contribution < -0.4 is 20.1 Å². The molecule has 2 aromatic carbocycles. The Morgan fingerprint density at radius 3 is 2.48 bits per heavy atom.